The molecule has 1 aliphatic heterocycles. The molecule has 7 atom stereocenters. The Morgan fingerprint density at radius 1 is 1.29 bits per heavy atom. The van der Waals surface area contributed by atoms with Crippen molar-refractivity contribution in [2.24, 2.45) is 34.8 Å². The van der Waals surface area contributed by atoms with Crippen molar-refractivity contribution in [2.75, 3.05) is 18.5 Å². The molecule has 4 saturated carbocycles. The standard InChI is InChI=1S/C23H29N5O3/c1-27(18-3-2-13(11-24)12-26-18)17-4-5-28(22(30)31)20(17)19-15-6-14-7-16(19)10-23(8-14,9-15)21(25)29/h2-3,12,14-17,19-20H,4-10H2,1H3,(H2,25,29)(H,30,31)/t14?,15-,16?,17?,19?,20?,23?/m0/s1. The van der Waals surface area contributed by atoms with Gasteiger partial charge in [-0.2, -0.15) is 5.26 Å². The highest BCUT2D eigenvalue weighted by molar-refractivity contribution is 5.81. The molecule has 0 spiro atoms. The molecular weight excluding hydrogens is 394 g/mol. The van der Waals surface area contributed by atoms with Gasteiger partial charge in [-0.1, -0.05) is 0 Å². The summed E-state index contributed by atoms with van der Waals surface area (Å²) in [7, 11) is 1.97. The van der Waals surface area contributed by atoms with Crippen molar-refractivity contribution in [2.45, 2.75) is 50.6 Å². The van der Waals surface area contributed by atoms with Gasteiger partial charge in [-0.15, -0.1) is 0 Å². The van der Waals surface area contributed by atoms with Crippen molar-refractivity contribution in [3.8, 4) is 6.07 Å². The number of anilines is 1. The number of amides is 2. The van der Waals surface area contributed by atoms with Gasteiger partial charge in [-0.25, -0.2) is 9.78 Å². The van der Waals surface area contributed by atoms with Crippen molar-refractivity contribution >= 4 is 17.8 Å². The molecule has 6 unspecified atom stereocenters. The summed E-state index contributed by atoms with van der Waals surface area (Å²) in [5.41, 5.74) is 5.98. The van der Waals surface area contributed by atoms with Crippen LogP contribution >= 0.6 is 0 Å². The maximum Gasteiger partial charge on any atom is 0.407 e. The Morgan fingerprint density at radius 2 is 2.00 bits per heavy atom. The Hall–Kier alpha value is -2.82. The Bertz CT molecular complexity index is 926. The summed E-state index contributed by atoms with van der Waals surface area (Å²) in [6, 6.07) is 5.56. The SMILES string of the molecule is CN(c1ccc(C#N)cn1)C1CCN(C(=O)O)C1C1C2CC3C[C@H]1CC(C(N)=O)(C3)C2. The second kappa shape index (κ2) is 7.11. The number of likely N-dealkylation sites (N-methyl/N-ethyl adjacent to an activating group) is 1. The summed E-state index contributed by atoms with van der Waals surface area (Å²) in [6.07, 6.45) is 6.10. The number of carbonyl (C=O) groups is 2. The summed E-state index contributed by atoms with van der Waals surface area (Å²) in [5.74, 6) is 2.05. The maximum atomic E-state index is 12.3. The zero-order valence-electron chi connectivity index (χ0n) is 17.8. The second-order valence-electron chi connectivity index (χ2n) is 10.1. The molecular formula is C23H29N5O3. The normalized spacial score (nSPS) is 38.1. The first-order valence-electron chi connectivity index (χ1n) is 11.2. The number of hydrogen-bond acceptors (Lipinski definition) is 5. The van der Waals surface area contributed by atoms with Gasteiger partial charge in [0, 0.05) is 25.2 Å². The molecule has 2 amide bonds. The van der Waals surface area contributed by atoms with Gasteiger partial charge in [0.2, 0.25) is 5.91 Å². The summed E-state index contributed by atoms with van der Waals surface area (Å²) in [5, 5.41) is 19.1. The van der Waals surface area contributed by atoms with Gasteiger partial charge in [-0.3, -0.25) is 4.79 Å². The van der Waals surface area contributed by atoms with E-state index in [1.54, 1.807) is 17.2 Å². The highest BCUT2D eigenvalue weighted by Crippen LogP contribution is 2.63. The first-order valence-corrected chi connectivity index (χ1v) is 11.2. The van der Waals surface area contributed by atoms with E-state index >= 15 is 0 Å². The predicted octanol–water partition coefficient (Wildman–Crippen LogP) is 2.44. The molecule has 164 valence electrons. The topological polar surface area (TPSA) is 124 Å². The zero-order chi connectivity index (χ0) is 21.9. The molecule has 4 aliphatic carbocycles. The number of carbonyl (C=O) groups excluding carboxylic acids is 1. The fraction of sp³-hybridized carbons (Fsp3) is 0.652. The fourth-order valence-corrected chi connectivity index (χ4v) is 7.66. The number of carboxylic acid groups (broad SMARTS) is 1. The van der Waals surface area contributed by atoms with Crippen LogP contribution in [0.15, 0.2) is 18.3 Å². The number of nitrogens with two attached hydrogens (primary N) is 1. The van der Waals surface area contributed by atoms with Gasteiger partial charge in [0.05, 0.1) is 17.6 Å². The molecule has 5 fully saturated rings. The van der Waals surface area contributed by atoms with E-state index in [4.69, 9.17) is 11.0 Å². The van der Waals surface area contributed by atoms with Crippen molar-refractivity contribution in [1.82, 2.24) is 9.88 Å². The summed E-state index contributed by atoms with van der Waals surface area (Å²) in [6.45, 7) is 0.506. The second-order valence-corrected chi connectivity index (χ2v) is 10.1. The minimum Gasteiger partial charge on any atom is -0.465 e. The van der Waals surface area contributed by atoms with E-state index in [0.717, 1.165) is 44.3 Å². The molecule has 4 bridgehead atoms. The van der Waals surface area contributed by atoms with Gasteiger partial charge >= 0.3 is 6.09 Å². The largest absolute Gasteiger partial charge is 0.465 e. The molecule has 2 heterocycles. The molecule has 1 aromatic heterocycles. The minimum atomic E-state index is -0.868. The van der Waals surface area contributed by atoms with Gasteiger partial charge in [-0.05, 0) is 74.3 Å². The van der Waals surface area contributed by atoms with E-state index in [9.17, 15) is 14.7 Å². The molecule has 1 aromatic rings. The first kappa shape index (κ1) is 20.1. The van der Waals surface area contributed by atoms with Gasteiger partial charge < -0.3 is 20.6 Å². The molecule has 8 heteroatoms. The predicted molar refractivity (Wildman–Crippen MR) is 113 cm³/mol. The maximum absolute atomic E-state index is 12.3. The van der Waals surface area contributed by atoms with Crippen molar-refractivity contribution in [3.05, 3.63) is 23.9 Å². The van der Waals surface area contributed by atoms with Gasteiger partial charge in [0.15, 0.2) is 0 Å². The number of aromatic nitrogens is 1. The van der Waals surface area contributed by atoms with E-state index in [1.165, 1.54) is 0 Å². The number of nitriles is 1. The van der Waals surface area contributed by atoms with Crippen molar-refractivity contribution in [3.63, 3.8) is 0 Å². The molecule has 0 radical (unpaired) electrons. The average molecular weight is 424 g/mol. The van der Waals surface area contributed by atoms with E-state index in [1.807, 2.05) is 13.1 Å². The molecule has 3 N–H and O–H groups in total. The highest BCUT2D eigenvalue weighted by atomic mass is 16.4. The van der Waals surface area contributed by atoms with E-state index in [0.29, 0.717) is 29.9 Å². The van der Waals surface area contributed by atoms with Crippen LogP contribution in [0, 0.1) is 40.4 Å². The molecule has 0 aromatic carbocycles. The van der Waals surface area contributed by atoms with Crippen LogP contribution in [0.3, 0.4) is 0 Å². The Labute approximate surface area is 182 Å². The van der Waals surface area contributed by atoms with E-state index in [-0.39, 0.29) is 29.3 Å². The van der Waals surface area contributed by atoms with Crippen LogP contribution in [0.25, 0.3) is 0 Å². The van der Waals surface area contributed by atoms with Crippen molar-refractivity contribution in [1.29, 1.82) is 5.26 Å². The van der Waals surface area contributed by atoms with Crippen LogP contribution in [-0.4, -0.2) is 52.7 Å². The lowest BCUT2D eigenvalue weighted by Crippen LogP contribution is -2.62. The lowest BCUT2D eigenvalue weighted by Gasteiger charge is -2.61. The third-order valence-corrected chi connectivity index (χ3v) is 8.66. The van der Waals surface area contributed by atoms with Gasteiger partial charge in [0.1, 0.15) is 11.9 Å². The molecule has 8 nitrogen and oxygen atoms in total. The third-order valence-electron chi connectivity index (χ3n) is 8.66. The Balaban J connectivity index is 1.47. The summed E-state index contributed by atoms with van der Waals surface area (Å²) >= 11 is 0. The van der Waals surface area contributed by atoms with Crippen LogP contribution < -0.4 is 10.6 Å². The number of pyridine rings is 1. The Morgan fingerprint density at radius 3 is 2.55 bits per heavy atom. The molecule has 6 rings (SSSR count). The molecule has 1 saturated heterocycles. The van der Waals surface area contributed by atoms with Crippen LogP contribution in [-0.2, 0) is 4.79 Å². The number of likely N-dealkylation sites (tertiary alicyclic amines) is 1. The molecule has 31 heavy (non-hydrogen) atoms. The van der Waals surface area contributed by atoms with Crippen LogP contribution in [0.2, 0.25) is 0 Å². The zero-order valence-corrected chi connectivity index (χ0v) is 17.8. The average Bonchev–Trinajstić information content (AvgIpc) is 3.17. The molecule has 5 aliphatic rings. The fourth-order valence-electron chi connectivity index (χ4n) is 7.66. The number of hydrogen-bond donors (Lipinski definition) is 2. The lowest BCUT2D eigenvalue weighted by atomic mass is 9.44. The lowest BCUT2D eigenvalue weighted by molar-refractivity contribution is -0.154. The first-order chi connectivity index (χ1) is 14.8. The van der Waals surface area contributed by atoms with E-state index in [2.05, 4.69) is 16.0 Å². The summed E-state index contributed by atoms with van der Waals surface area (Å²) < 4.78 is 0. The van der Waals surface area contributed by atoms with Crippen molar-refractivity contribution < 1.29 is 14.7 Å². The van der Waals surface area contributed by atoms with Crippen LogP contribution in [0.1, 0.15) is 44.1 Å². The van der Waals surface area contributed by atoms with E-state index < -0.39 is 6.09 Å². The quantitative estimate of drug-likeness (QED) is 0.767. The number of nitrogens with zero attached hydrogens (tertiary/aromatic N) is 4. The minimum absolute atomic E-state index is 0.0172. The smallest absolute Gasteiger partial charge is 0.407 e. The van der Waals surface area contributed by atoms with Gasteiger partial charge in [0.25, 0.3) is 0 Å². The Kier molecular flexibility index (Phi) is 4.61. The number of primary amides is 1. The summed E-state index contributed by atoms with van der Waals surface area (Å²) in [4.78, 5) is 32.7. The van der Waals surface area contributed by atoms with Crippen LogP contribution in [0.4, 0.5) is 10.6 Å². The monoisotopic (exact) mass is 423 g/mol. The highest BCUT2D eigenvalue weighted by Gasteiger charge is 2.61. The van der Waals surface area contributed by atoms with Crippen LogP contribution in [0.5, 0.6) is 0 Å². The number of rotatable bonds is 4. The third kappa shape index (κ3) is 3.05.